The second kappa shape index (κ2) is 6.89. The first-order valence-corrected chi connectivity index (χ1v) is 7.01. The average Bonchev–Trinajstić information content (AvgIpc) is 2.94. The zero-order valence-electron chi connectivity index (χ0n) is 12.4. The van der Waals surface area contributed by atoms with Crippen LogP contribution in [0.3, 0.4) is 0 Å². The second-order valence-corrected chi connectivity index (χ2v) is 5.38. The summed E-state index contributed by atoms with van der Waals surface area (Å²) in [5, 5.41) is 12.8. The molecule has 0 saturated carbocycles. The fourth-order valence-electron chi connectivity index (χ4n) is 1.95. The van der Waals surface area contributed by atoms with Crippen molar-refractivity contribution in [1.82, 2.24) is 10.1 Å². The van der Waals surface area contributed by atoms with E-state index >= 15 is 0 Å². The molecular weight excluding hydrogens is 266 g/mol. The lowest BCUT2D eigenvalue weighted by Crippen LogP contribution is -2.18. The average molecular weight is 285 g/mol. The van der Waals surface area contributed by atoms with Crippen molar-refractivity contribution >= 4 is 0 Å². The molecule has 2 rings (SSSR count). The van der Waals surface area contributed by atoms with Gasteiger partial charge in [-0.05, 0) is 24.0 Å². The molecule has 0 aliphatic carbocycles. The number of aromatic nitrogens is 2. The Balaban J connectivity index is 1.94. The Bertz CT molecular complexity index is 603. The van der Waals surface area contributed by atoms with E-state index in [9.17, 15) is 0 Å². The third-order valence-electron chi connectivity index (χ3n) is 3.56. The van der Waals surface area contributed by atoms with E-state index in [1.165, 1.54) is 0 Å². The maximum absolute atomic E-state index is 8.89. The van der Waals surface area contributed by atoms with Crippen LogP contribution in [-0.4, -0.2) is 10.1 Å². The third-order valence-corrected chi connectivity index (χ3v) is 3.56. The first-order valence-electron chi connectivity index (χ1n) is 7.01. The zero-order valence-corrected chi connectivity index (χ0v) is 12.4. The molecule has 0 aliphatic heterocycles. The largest absolute Gasteiger partial charge is 0.485 e. The van der Waals surface area contributed by atoms with Gasteiger partial charge < -0.3 is 9.26 Å². The van der Waals surface area contributed by atoms with Crippen LogP contribution in [0, 0.1) is 16.7 Å². The number of ether oxygens (including phenoxy) is 1. The van der Waals surface area contributed by atoms with Gasteiger partial charge in [-0.2, -0.15) is 10.2 Å². The van der Waals surface area contributed by atoms with Crippen LogP contribution < -0.4 is 4.74 Å². The summed E-state index contributed by atoms with van der Waals surface area (Å²) in [6, 6.07) is 11.7. The molecule has 0 aliphatic rings. The topological polar surface area (TPSA) is 71.9 Å². The van der Waals surface area contributed by atoms with Crippen molar-refractivity contribution in [3.8, 4) is 11.8 Å². The van der Waals surface area contributed by atoms with Crippen LogP contribution in [0.5, 0.6) is 5.75 Å². The highest BCUT2D eigenvalue weighted by Crippen LogP contribution is 2.29. The quantitative estimate of drug-likeness (QED) is 0.778. The van der Waals surface area contributed by atoms with Gasteiger partial charge in [0.1, 0.15) is 5.75 Å². The summed E-state index contributed by atoms with van der Waals surface area (Å²) in [6.07, 6.45) is 1.97. The minimum atomic E-state index is -0.126. The molecule has 0 N–H and O–H groups in total. The SMILES string of the molecule is CCC(C)(CC#N)Cc1nc(COc2ccccc2)no1. The summed E-state index contributed by atoms with van der Waals surface area (Å²) in [7, 11) is 0. The van der Waals surface area contributed by atoms with Gasteiger partial charge in [0, 0.05) is 12.8 Å². The molecule has 21 heavy (non-hydrogen) atoms. The number of hydrogen-bond acceptors (Lipinski definition) is 5. The molecule has 1 aromatic heterocycles. The molecule has 0 bridgehead atoms. The minimum Gasteiger partial charge on any atom is -0.485 e. The molecule has 1 aromatic carbocycles. The van der Waals surface area contributed by atoms with E-state index in [0.29, 0.717) is 24.6 Å². The predicted molar refractivity (Wildman–Crippen MR) is 77.4 cm³/mol. The third kappa shape index (κ3) is 4.32. The van der Waals surface area contributed by atoms with Crippen molar-refractivity contribution in [3.63, 3.8) is 0 Å². The van der Waals surface area contributed by atoms with Crippen LogP contribution in [0.25, 0.3) is 0 Å². The summed E-state index contributed by atoms with van der Waals surface area (Å²) >= 11 is 0. The molecule has 2 aromatic rings. The Kier molecular flexibility index (Phi) is 4.94. The number of hydrogen-bond donors (Lipinski definition) is 0. The summed E-state index contributed by atoms with van der Waals surface area (Å²) in [5.41, 5.74) is -0.126. The first-order chi connectivity index (χ1) is 10.1. The highest BCUT2D eigenvalue weighted by atomic mass is 16.5. The van der Waals surface area contributed by atoms with Gasteiger partial charge >= 0.3 is 0 Å². The molecule has 0 amide bonds. The summed E-state index contributed by atoms with van der Waals surface area (Å²) < 4.78 is 10.8. The number of nitrogens with zero attached hydrogens (tertiary/aromatic N) is 3. The monoisotopic (exact) mass is 285 g/mol. The lowest BCUT2D eigenvalue weighted by atomic mass is 9.81. The van der Waals surface area contributed by atoms with E-state index in [1.54, 1.807) is 0 Å². The zero-order chi connectivity index (χ0) is 15.1. The molecule has 0 saturated heterocycles. The predicted octanol–water partition coefficient (Wildman–Crippen LogP) is 3.52. The van der Waals surface area contributed by atoms with Gasteiger partial charge in [-0.3, -0.25) is 0 Å². The lowest BCUT2D eigenvalue weighted by Gasteiger charge is -2.22. The van der Waals surface area contributed by atoms with Crippen molar-refractivity contribution in [1.29, 1.82) is 5.26 Å². The normalized spacial score (nSPS) is 13.4. The maximum atomic E-state index is 8.89. The van der Waals surface area contributed by atoms with E-state index in [2.05, 4.69) is 30.1 Å². The van der Waals surface area contributed by atoms with Gasteiger partial charge in [-0.15, -0.1) is 0 Å². The standard InChI is InChI=1S/C16H19N3O2/c1-3-16(2,9-10-17)11-15-18-14(19-21-15)12-20-13-7-5-4-6-8-13/h4-8H,3,9,11-12H2,1-2H3. The van der Waals surface area contributed by atoms with Crippen LogP contribution in [0.4, 0.5) is 0 Å². The summed E-state index contributed by atoms with van der Waals surface area (Å²) in [5.74, 6) is 1.84. The molecule has 5 nitrogen and oxygen atoms in total. The van der Waals surface area contributed by atoms with Crippen molar-refractivity contribution in [2.45, 2.75) is 39.7 Å². The van der Waals surface area contributed by atoms with Crippen molar-refractivity contribution in [2.75, 3.05) is 0 Å². The minimum absolute atomic E-state index is 0.126. The number of rotatable bonds is 7. The van der Waals surface area contributed by atoms with E-state index in [-0.39, 0.29) is 12.0 Å². The fraction of sp³-hybridized carbons (Fsp3) is 0.438. The van der Waals surface area contributed by atoms with Gasteiger partial charge in [-0.25, -0.2) is 0 Å². The maximum Gasteiger partial charge on any atom is 0.227 e. The second-order valence-electron chi connectivity index (χ2n) is 5.38. The van der Waals surface area contributed by atoms with Crippen LogP contribution in [0.15, 0.2) is 34.9 Å². The van der Waals surface area contributed by atoms with Crippen LogP contribution in [0.2, 0.25) is 0 Å². The summed E-state index contributed by atoms with van der Waals surface area (Å²) in [4.78, 5) is 4.33. The molecule has 5 heteroatoms. The number of benzene rings is 1. The molecule has 110 valence electrons. The molecule has 0 spiro atoms. The first kappa shape index (κ1) is 15.0. The van der Waals surface area contributed by atoms with Gasteiger partial charge in [0.05, 0.1) is 6.07 Å². The van der Waals surface area contributed by atoms with E-state index in [4.69, 9.17) is 14.5 Å². The van der Waals surface area contributed by atoms with Gasteiger partial charge in [-0.1, -0.05) is 37.2 Å². The van der Waals surface area contributed by atoms with Crippen molar-refractivity contribution in [2.24, 2.45) is 5.41 Å². The van der Waals surface area contributed by atoms with Crippen molar-refractivity contribution in [3.05, 3.63) is 42.0 Å². The van der Waals surface area contributed by atoms with Gasteiger partial charge in [0.15, 0.2) is 6.61 Å². The fourth-order valence-corrected chi connectivity index (χ4v) is 1.95. The Morgan fingerprint density at radius 1 is 1.33 bits per heavy atom. The summed E-state index contributed by atoms with van der Waals surface area (Å²) in [6.45, 7) is 4.39. The number of nitriles is 1. The van der Waals surface area contributed by atoms with E-state index in [0.717, 1.165) is 12.2 Å². The Labute approximate surface area is 124 Å². The number of para-hydroxylation sites is 1. The van der Waals surface area contributed by atoms with Crippen molar-refractivity contribution < 1.29 is 9.26 Å². The Morgan fingerprint density at radius 3 is 2.76 bits per heavy atom. The Hall–Kier alpha value is -2.35. The van der Waals surface area contributed by atoms with Crippen LogP contribution in [0.1, 0.15) is 38.4 Å². The highest BCUT2D eigenvalue weighted by molar-refractivity contribution is 5.20. The van der Waals surface area contributed by atoms with Gasteiger partial charge in [0.2, 0.25) is 11.7 Å². The molecular formula is C16H19N3O2. The highest BCUT2D eigenvalue weighted by Gasteiger charge is 2.25. The lowest BCUT2D eigenvalue weighted by molar-refractivity contribution is 0.261. The van der Waals surface area contributed by atoms with Crippen LogP contribution >= 0.6 is 0 Å². The molecule has 0 fully saturated rings. The molecule has 1 atom stereocenters. The van der Waals surface area contributed by atoms with E-state index < -0.39 is 0 Å². The smallest absolute Gasteiger partial charge is 0.227 e. The molecule has 1 unspecified atom stereocenters. The van der Waals surface area contributed by atoms with Gasteiger partial charge in [0.25, 0.3) is 0 Å². The van der Waals surface area contributed by atoms with E-state index in [1.807, 2.05) is 30.3 Å². The Morgan fingerprint density at radius 2 is 2.10 bits per heavy atom. The van der Waals surface area contributed by atoms with Crippen LogP contribution in [-0.2, 0) is 13.0 Å². The molecule has 1 heterocycles. The molecule has 0 radical (unpaired) electrons.